The summed E-state index contributed by atoms with van der Waals surface area (Å²) in [5.41, 5.74) is 0.182. The third kappa shape index (κ3) is 4.01. The van der Waals surface area contributed by atoms with E-state index in [4.69, 9.17) is 9.47 Å². The molecule has 0 bridgehead atoms. The standard InChI is InChI=1S/C18H20N2O7S2/c1-12-11-28(22,23)20(18(12)21)14-7-8-16(27-3)17(10-14)29(24,25)19-13-5-4-6-15(9-13)26-2/h4-10,12,19H,11H2,1-3H3. The number of rotatable bonds is 6. The molecule has 9 nitrogen and oxygen atoms in total. The summed E-state index contributed by atoms with van der Waals surface area (Å²) < 4.78 is 63.9. The van der Waals surface area contributed by atoms with Gasteiger partial charge in [0.05, 0.1) is 37.3 Å². The van der Waals surface area contributed by atoms with E-state index in [9.17, 15) is 21.6 Å². The van der Waals surface area contributed by atoms with Crippen molar-refractivity contribution in [1.82, 2.24) is 0 Å². The van der Waals surface area contributed by atoms with Crippen molar-refractivity contribution in [2.24, 2.45) is 5.92 Å². The SMILES string of the molecule is COc1cccc(NS(=O)(=O)c2cc(N3C(=O)C(C)CS3(=O)=O)ccc2OC)c1. The zero-order valence-electron chi connectivity index (χ0n) is 15.9. The lowest BCUT2D eigenvalue weighted by atomic mass is 10.2. The lowest BCUT2D eigenvalue weighted by molar-refractivity contribution is -0.119. The molecule has 1 fully saturated rings. The van der Waals surface area contributed by atoms with Crippen LogP contribution in [0.25, 0.3) is 0 Å². The highest BCUT2D eigenvalue weighted by atomic mass is 32.2. The molecule has 0 saturated carbocycles. The normalized spacial score (nSPS) is 18.5. The summed E-state index contributed by atoms with van der Waals surface area (Å²) in [7, 11) is -5.30. The molecule has 1 N–H and O–H groups in total. The van der Waals surface area contributed by atoms with Gasteiger partial charge in [-0.2, -0.15) is 0 Å². The highest BCUT2D eigenvalue weighted by Gasteiger charge is 2.42. The molecule has 1 atom stereocenters. The minimum atomic E-state index is -4.16. The van der Waals surface area contributed by atoms with Crippen LogP contribution in [-0.2, 0) is 24.8 Å². The van der Waals surface area contributed by atoms with Crippen molar-refractivity contribution in [2.75, 3.05) is 29.0 Å². The van der Waals surface area contributed by atoms with Crippen molar-refractivity contribution >= 4 is 37.3 Å². The number of nitrogens with one attached hydrogen (secondary N) is 1. The number of hydrogen-bond acceptors (Lipinski definition) is 7. The van der Waals surface area contributed by atoms with Gasteiger partial charge < -0.3 is 9.47 Å². The predicted octanol–water partition coefficient (Wildman–Crippen LogP) is 1.82. The molecule has 0 aliphatic carbocycles. The van der Waals surface area contributed by atoms with Crippen LogP contribution in [0.1, 0.15) is 6.92 Å². The fraction of sp³-hybridized carbons (Fsp3) is 0.278. The molecule has 0 radical (unpaired) electrons. The van der Waals surface area contributed by atoms with Crippen LogP contribution in [0.3, 0.4) is 0 Å². The summed E-state index contributed by atoms with van der Waals surface area (Å²) in [4.78, 5) is 12.0. The third-order valence-electron chi connectivity index (χ3n) is 4.35. The van der Waals surface area contributed by atoms with Gasteiger partial charge in [0, 0.05) is 6.07 Å². The summed E-state index contributed by atoms with van der Waals surface area (Å²) in [6.45, 7) is 1.51. The Morgan fingerprint density at radius 3 is 2.41 bits per heavy atom. The molecule has 0 aromatic heterocycles. The Bertz CT molecular complexity index is 1160. The van der Waals surface area contributed by atoms with E-state index in [1.165, 1.54) is 45.4 Å². The van der Waals surface area contributed by atoms with Crippen LogP contribution in [0.15, 0.2) is 47.4 Å². The molecule has 1 unspecified atom stereocenters. The summed E-state index contributed by atoms with van der Waals surface area (Å²) in [5.74, 6) is -1.20. The van der Waals surface area contributed by atoms with E-state index in [1.54, 1.807) is 12.1 Å². The first-order valence-electron chi connectivity index (χ1n) is 8.51. The number of ether oxygens (including phenoxy) is 2. The monoisotopic (exact) mass is 440 g/mol. The van der Waals surface area contributed by atoms with Crippen molar-refractivity contribution in [3.8, 4) is 11.5 Å². The first-order valence-corrected chi connectivity index (χ1v) is 11.6. The van der Waals surface area contributed by atoms with Crippen molar-refractivity contribution in [3.05, 3.63) is 42.5 Å². The Morgan fingerprint density at radius 1 is 1.10 bits per heavy atom. The van der Waals surface area contributed by atoms with Crippen LogP contribution in [0.5, 0.6) is 11.5 Å². The fourth-order valence-electron chi connectivity index (χ4n) is 2.99. The minimum absolute atomic E-state index is 0.00115. The quantitative estimate of drug-likeness (QED) is 0.728. The maximum Gasteiger partial charge on any atom is 0.265 e. The number of methoxy groups -OCH3 is 2. The van der Waals surface area contributed by atoms with Gasteiger partial charge in [0.2, 0.25) is 15.9 Å². The molecular formula is C18H20N2O7S2. The molecule has 2 aromatic carbocycles. The Balaban J connectivity index is 2.06. The Kier molecular flexibility index (Phi) is 5.46. The van der Waals surface area contributed by atoms with Gasteiger partial charge in [-0.05, 0) is 30.3 Å². The molecule has 1 heterocycles. The molecule has 1 aliphatic heterocycles. The summed E-state index contributed by atoms with van der Waals surface area (Å²) in [5, 5.41) is 0. The van der Waals surface area contributed by atoms with Crippen molar-refractivity contribution in [3.63, 3.8) is 0 Å². The van der Waals surface area contributed by atoms with Gasteiger partial charge in [0.25, 0.3) is 10.0 Å². The van der Waals surface area contributed by atoms with Crippen molar-refractivity contribution in [1.29, 1.82) is 0 Å². The topological polar surface area (TPSA) is 119 Å². The maximum absolute atomic E-state index is 13.0. The smallest absolute Gasteiger partial charge is 0.265 e. The van der Waals surface area contributed by atoms with Crippen LogP contribution in [-0.4, -0.2) is 42.7 Å². The minimum Gasteiger partial charge on any atom is -0.497 e. The number of sulfonamides is 2. The summed E-state index contributed by atoms with van der Waals surface area (Å²) >= 11 is 0. The van der Waals surface area contributed by atoms with Gasteiger partial charge in [-0.1, -0.05) is 13.0 Å². The molecule has 2 aromatic rings. The van der Waals surface area contributed by atoms with E-state index < -0.39 is 31.9 Å². The second-order valence-corrected chi connectivity index (χ2v) is 9.97. The number of hydrogen-bond donors (Lipinski definition) is 1. The highest BCUT2D eigenvalue weighted by Crippen LogP contribution is 2.34. The Hall–Kier alpha value is -2.79. The number of anilines is 2. The molecule has 11 heteroatoms. The number of amides is 1. The second kappa shape index (κ2) is 7.56. The molecule has 1 amide bonds. The van der Waals surface area contributed by atoms with E-state index in [1.807, 2.05) is 0 Å². The van der Waals surface area contributed by atoms with Gasteiger partial charge in [-0.25, -0.2) is 21.1 Å². The van der Waals surface area contributed by atoms with Gasteiger partial charge in [-0.15, -0.1) is 0 Å². The summed E-state index contributed by atoms with van der Waals surface area (Å²) in [6, 6.07) is 10.0. The average Bonchev–Trinajstić information content (AvgIpc) is 2.87. The largest absolute Gasteiger partial charge is 0.497 e. The highest BCUT2D eigenvalue weighted by molar-refractivity contribution is 7.94. The van der Waals surface area contributed by atoms with Gasteiger partial charge in [0.1, 0.15) is 16.4 Å². The lowest BCUT2D eigenvalue weighted by Gasteiger charge is -2.18. The van der Waals surface area contributed by atoms with E-state index in [-0.39, 0.29) is 27.8 Å². The molecule has 1 aliphatic rings. The Labute approximate surface area is 169 Å². The summed E-state index contributed by atoms with van der Waals surface area (Å²) in [6.07, 6.45) is 0. The van der Waals surface area contributed by atoms with Crippen LogP contribution < -0.4 is 18.5 Å². The molecular weight excluding hydrogens is 420 g/mol. The van der Waals surface area contributed by atoms with Gasteiger partial charge in [-0.3, -0.25) is 9.52 Å². The van der Waals surface area contributed by atoms with Crippen molar-refractivity contribution in [2.45, 2.75) is 11.8 Å². The molecule has 1 saturated heterocycles. The molecule has 156 valence electrons. The first kappa shape index (κ1) is 20.9. The van der Waals surface area contributed by atoms with Crippen LogP contribution >= 0.6 is 0 Å². The van der Waals surface area contributed by atoms with E-state index >= 15 is 0 Å². The van der Waals surface area contributed by atoms with Crippen molar-refractivity contribution < 1.29 is 31.1 Å². The van der Waals surface area contributed by atoms with E-state index in [0.29, 0.717) is 10.1 Å². The lowest BCUT2D eigenvalue weighted by Crippen LogP contribution is -2.30. The number of benzene rings is 2. The fourth-order valence-corrected chi connectivity index (χ4v) is 6.04. The number of nitrogens with zero attached hydrogens (tertiary/aromatic N) is 1. The van der Waals surface area contributed by atoms with Gasteiger partial charge >= 0.3 is 0 Å². The zero-order chi connectivity index (χ0) is 21.4. The third-order valence-corrected chi connectivity index (χ3v) is 7.62. The number of carbonyl (C=O) groups is 1. The van der Waals surface area contributed by atoms with Crippen LogP contribution in [0, 0.1) is 5.92 Å². The first-order chi connectivity index (χ1) is 13.6. The maximum atomic E-state index is 13.0. The second-order valence-electron chi connectivity index (χ2n) is 6.45. The molecule has 29 heavy (non-hydrogen) atoms. The molecule has 0 spiro atoms. The average molecular weight is 440 g/mol. The number of carbonyl (C=O) groups excluding carboxylic acids is 1. The van der Waals surface area contributed by atoms with Crippen LogP contribution in [0.4, 0.5) is 11.4 Å². The van der Waals surface area contributed by atoms with Gasteiger partial charge in [0.15, 0.2) is 0 Å². The van der Waals surface area contributed by atoms with Crippen LogP contribution in [0.2, 0.25) is 0 Å². The zero-order valence-corrected chi connectivity index (χ0v) is 17.6. The van der Waals surface area contributed by atoms with E-state index in [2.05, 4.69) is 4.72 Å². The predicted molar refractivity (Wildman–Crippen MR) is 107 cm³/mol. The van der Waals surface area contributed by atoms with E-state index in [0.717, 1.165) is 6.07 Å². The molecule has 3 rings (SSSR count). The Morgan fingerprint density at radius 2 is 1.83 bits per heavy atom.